The highest BCUT2D eigenvalue weighted by Gasteiger charge is 2.36. The van der Waals surface area contributed by atoms with E-state index in [1.807, 2.05) is 5.51 Å². The topological polar surface area (TPSA) is 36.7 Å². The second-order valence-electron chi connectivity index (χ2n) is 6.33. The van der Waals surface area contributed by atoms with E-state index in [1.165, 1.54) is 17.7 Å². The molecule has 1 aliphatic rings. The summed E-state index contributed by atoms with van der Waals surface area (Å²) in [6, 6.07) is 2.64. The summed E-state index contributed by atoms with van der Waals surface area (Å²) in [5, 5.41) is 9.60. The summed E-state index contributed by atoms with van der Waals surface area (Å²) in [5.74, 6) is 1.59. The minimum Gasteiger partial charge on any atom is -0.250 e. The Kier molecular flexibility index (Phi) is 4.62. The quantitative estimate of drug-likeness (QED) is 0.796. The highest BCUT2D eigenvalue weighted by atomic mass is 32.1. The van der Waals surface area contributed by atoms with Crippen LogP contribution in [0.3, 0.4) is 0 Å². The van der Waals surface area contributed by atoms with Crippen molar-refractivity contribution in [2.75, 3.05) is 0 Å². The van der Waals surface area contributed by atoms with Gasteiger partial charge in [-0.25, -0.2) is 4.98 Å². The fraction of sp³-hybridized carbons (Fsp3) is 0.750. The fourth-order valence-corrected chi connectivity index (χ4v) is 3.98. The van der Waals surface area contributed by atoms with Crippen LogP contribution in [-0.4, -0.2) is 4.98 Å². The first kappa shape index (κ1) is 14.5. The van der Waals surface area contributed by atoms with Gasteiger partial charge >= 0.3 is 0 Å². The molecule has 0 spiro atoms. The second-order valence-corrected chi connectivity index (χ2v) is 7.27. The van der Waals surface area contributed by atoms with E-state index in [0.717, 1.165) is 43.2 Å². The van der Waals surface area contributed by atoms with Gasteiger partial charge < -0.3 is 0 Å². The first-order valence-electron chi connectivity index (χ1n) is 7.36. The number of hydrogen-bond acceptors (Lipinski definition) is 3. The zero-order valence-corrected chi connectivity index (χ0v) is 13.1. The molecule has 1 aromatic heterocycles. The predicted octanol–water partition coefficient (Wildman–Crippen LogP) is 4.74. The summed E-state index contributed by atoms with van der Waals surface area (Å²) in [4.78, 5) is 5.66. The predicted molar refractivity (Wildman–Crippen MR) is 80.0 cm³/mol. The molecule has 0 aromatic carbocycles. The van der Waals surface area contributed by atoms with Crippen LogP contribution < -0.4 is 0 Å². The van der Waals surface area contributed by atoms with Gasteiger partial charge in [-0.2, -0.15) is 5.26 Å². The zero-order chi connectivity index (χ0) is 13.9. The minimum absolute atomic E-state index is 0.0676. The Morgan fingerprint density at radius 3 is 2.63 bits per heavy atom. The largest absolute Gasteiger partial charge is 0.250 e. The van der Waals surface area contributed by atoms with Gasteiger partial charge in [0.05, 0.1) is 22.7 Å². The fourth-order valence-electron chi connectivity index (χ4n) is 3.20. The maximum atomic E-state index is 9.60. The Bertz CT molecular complexity index is 448. The Morgan fingerprint density at radius 2 is 2.16 bits per heavy atom. The van der Waals surface area contributed by atoms with E-state index in [-0.39, 0.29) is 5.41 Å². The summed E-state index contributed by atoms with van der Waals surface area (Å²) in [5.41, 5.74) is 3.00. The number of aromatic nitrogens is 1. The third-order valence-electron chi connectivity index (χ3n) is 4.84. The summed E-state index contributed by atoms with van der Waals surface area (Å²) in [7, 11) is 0. The molecule has 0 aliphatic heterocycles. The van der Waals surface area contributed by atoms with Gasteiger partial charge in [-0.05, 0) is 57.3 Å². The number of aryl methyl sites for hydroxylation is 2. The molecule has 1 aliphatic carbocycles. The molecule has 1 fully saturated rings. The van der Waals surface area contributed by atoms with E-state index in [2.05, 4.69) is 31.8 Å². The molecule has 104 valence electrons. The van der Waals surface area contributed by atoms with Gasteiger partial charge in [-0.3, -0.25) is 0 Å². The van der Waals surface area contributed by atoms with Crippen molar-refractivity contribution < 1.29 is 0 Å². The lowest BCUT2D eigenvalue weighted by Gasteiger charge is -2.36. The van der Waals surface area contributed by atoms with Crippen LogP contribution in [0.4, 0.5) is 0 Å². The average molecular weight is 276 g/mol. The van der Waals surface area contributed by atoms with Crippen LogP contribution in [0.15, 0.2) is 5.51 Å². The highest BCUT2D eigenvalue weighted by Crippen LogP contribution is 2.44. The van der Waals surface area contributed by atoms with Gasteiger partial charge in [0.1, 0.15) is 0 Å². The number of nitriles is 1. The van der Waals surface area contributed by atoms with Crippen molar-refractivity contribution in [2.45, 2.75) is 59.3 Å². The molecule has 0 saturated heterocycles. The smallest absolute Gasteiger partial charge is 0.0797 e. The van der Waals surface area contributed by atoms with Crippen LogP contribution in [0.2, 0.25) is 0 Å². The van der Waals surface area contributed by atoms with Gasteiger partial charge in [-0.15, -0.1) is 11.3 Å². The first-order chi connectivity index (χ1) is 9.06. The summed E-state index contributed by atoms with van der Waals surface area (Å²) >= 11 is 1.73. The summed E-state index contributed by atoms with van der Waals surface area (Å²) < 4.78 is 0. The van der Waals surface area contributed by atoms with Crippen LogP contribution >= 0.6 is 11.3 Å². The van der Waals surface area contributed by atoms with Gasteiger partial charge in [0, 0.05) is 4.88 Å². The van der Waals surface area contributed by atoms with Crippen LogP contribution in [0.5, 0.6) is 0 Å². The van der Waals surface area contributed by atoms with Crippen molar-refractivity contribution in [3.63, 3.8) is 0 Å². The zero-order valence-electron chi connectivity index (χ0n) is 12.3. The molecule has 2 rings (SSSR count). The van der Waals surface area contributed by atoms with Crippen LogP contribution in [0.1, 0.15) is 56.5 Å². The second kappa shape index (κ2) is 6.05. The molecule has 0 radical (unpaired) electrons. The first-order valence-corrected chi connectivity index (χ1v) is 8.24. The van der Waals surface area contributed by atoms with Crippen molar-refractivity contribution in [2.24, 2.45) is 17.3 Å². The molecule has 1 aromatic rings. The molecule has 3 heteroatoms. The molecular weight excluding hydrogens is 252 g/mol. The Hall–Kier alpha value is -0.880. The van der Waals surface area contributed by atoms with Crippen molar-refractivity contribution in [1.29, 1.82) is 5.26 Å². The Morgan fingerprint density at radius 1 is 1.47 bits per heavy atom. The number of hydrogen-bond donors (Lipinski definition) is 0. The van der Waals surface area contributed by atoms with Gasteiger partial charge in [-0.1, -0.05) is 13.8 Å². The van der Waals surface area contributed by atoms with Gasteiger partial charge in [0.25, 0.3) is 0 Å². The van der Waals surface area contributed by atoms with E-state index >= 15 is 0 Å². The van der Waals surface area contributed by atoms with Crippen molar-refractivity contribution in [3.8, 4) is 6.07 Å². The lowest BCUT2D eigenvalue weighted by molar-refractivity contribution is 0.166. The molecule has 1 heterocycles. The van der Waals surface area contributed by atoms with Crippen LogP contribution in [0.25, 0.3) is 0 Å². The Balaban J connectivity index is 1.94. The molecule has 0 bridgehead atoms. The standard InChI is InChI=1S/C16H24N2S/c1-12(2)14-4-7-16(10-17,8-5-14)9-6-15-13(3)18-11-19-15/h11-12,14H,4-9H2,1-3H3. The van der Waals surface area contributed by atoms with E-state index in [0.29, 0.717) is 0 Å². The van der Waals surface area contributed by atoms with E-state index in [4.69, 9.17) is 0 Å². The molecule has 1 saturated carbocycles. The molecule has 0 atom stereocenters. The molecule has 0 unspecified atom stereocenters. The third kappa shape index (κ3) is 3.36. The van der Waals surface area contributed by atoms with Crippen molar-refractivity contribution in [1.82, 2.24) is 4.98 Å². The maximum Gasteiger partial charge on any atom is 0.0797 e. The summed E-state index contributed by atoms with van der Waals surface area (Å²) in [6.07, 6.45) is 6.67. The number of nitrogens with zero attached hydrogens (tertiary/aromatic N) is 2. The van der Waals surface area contributed by atoms with E-state index in [9.17, 15) is 5.26 Å². The van der Waals surface area contributed by atoms with E-state index < -0.39 is 0 Å². The van der Waals surface area contributed by atoms with Gasteiger partial charge in [0.15, 0.2) is 0 Å². The normalized spacial score (nSPS) is 27.4. The Labute approximate surface area is 120 Å². The lowest BCUT2D eigenvalue weighted by atomic mass is 9.67. The number of rotatable bonds is 4. The average Bonchev–Trinajstić information content (AvgIpc) is 2.82. The minimum atomic E-state index is -0.0676. The monoisotopic (exact) mass is 276 g/mol. The van der Waals surface area contributed by atoms with Crippen LogP contribution in [0, 0.1) is 35.5 Å². The molecule has 0 N–H and O–H groups in total. The van der Waals surface area contributed by atoms with Crippen LogP contribution in [-0.2, 0) is 6.42 Å². The van der Waals surface area contributed by atoms with Gasteiger partial charge in [0.2, 0.25) is 0 Å². The van der Waals surface area contributed by atoms with E-state index in [1.54, 1.807) is 11.3 Å². The molecular formula is C16H24N2S. The SMILES string of the molecule is Cc1ncsc1CCC1(C#N)CCC(C(C)C)CC1. The van der Waals surface area contributed by atoms with Crippen molar-refractivity contribution >= 4 is 11.3 Å². The molecule has 19 heavy (non-hydrogen) atoms. The summed E-state index contributed by atoms with van der Waals surface area (Å²) in [6.45, 7) is 6.69. The van der Waals surface area contributed by atoms with Crippen molar-refractivity contribution in [3.05, 3.63) is 16.1 Å². The maximum absolute atomic E-state index is 9.60. The molecule has 0 amide bonds. The lowest BCUT2D eigenvalue weighted by Crippen LogP contribution is -2.28. The third-order valence-corrected chi connectivity index (χ3v) is 5.84. The number of thiazole rings is 1. The molecule has 2 nitrogen and oxygen atoms in total. The highest BCUT2D eigenvalue weighted by molar-refractivity contribution is 7.09.